The summed E-state index contributed by atoms with van der Waals surface area (Å²) >= 11 is 0. The van der Waals surface area contributed by atoms with Gasteiger partial charge in [0.15, 0.2) is 0 Å². The number of allylic oxidation sites excluding steroid dienone is 2. The Labute approximate surface area is 121 Å². The predicted molar refractivity (Wildman–Crippen MR) is 81.7 cm³/mol. The maximum Gasteiger partial charge on any atom is 0.0987 e. The highest BCUT2D eigenvalue weighted by molar-refractivity contribution is 5.11. The molecule has 5 heteroatoms. The van der Waals surface area contributed by atoms with Gasteiger partial charge in [-0.05, 0) is 18.9 Å². The van der Waals surface area contributed by atoms with Crippen molar-refractivity contribution in [1.82, 2.24) is 9.80 Å². The van der Waals surface area contributed by atoms with Gasteiger partial charge in [-0.15, -0.1) is 0 Å². The van der Waals surface area contributed by atoms with Crippen LogP contribution < -0.4 is 11.5 Å². The van der Waals surface area contributed by atoms with Gasteiger partial charge in [0.1, 0.15) is 0 Å². The van der Waals surface area contributed by atoms with Crippen LogP contribution in [0.1, 0.15) is 12.8 Å². The molecule has 2 fully saturated rings. The molecule has 0 amide bonds. The molecule has 0 aromatic rings. The van der Waals surface area contributed by atoms with Crippen LogP contribution in [0.4, 0.5) is 0 Å². The molecule has 0 spiro atoms. The van der Waals surface area contributed by atoms with E-state index in [9.17, 15) is 0 Å². The molecule has 0 aliphatic carbocycles. The molecule has 0 aromatic heterocycles. The molecule has 0 saturated carbocycles. The summed E-state index contributed by atoms with van der Waals surface area (Å²) < 4.78 is 5.70. The molecule has 1 unspecified atom stereocenters. The Bertz CT molecular complexity index is 377. The number of piperazine rings is 1. The van der Waals surface area contributed by atoms with Gasteiger partial charge in [0.05, 0.1) is 11.9 Å². The van der Waals surface area contributed by atoms with Gasteiger partial charge in [0.2, 0.25) is 0 Å². The lowest BCUT2D eigenvalue weighted by molar-refractivity contribution is 0.0944. The second kappa shape index (κ2) is 7.36. The smallest absolute Gasteiger partial charge is 0.0987 e. The largest absolute Gasteiger partial charge is 0.385 e. The molecule has 0 bridgehead atoms. The fourth-order valence-corrected chi connectivity index (χ4v) is 2.65. The molecular weight excluding hydrogens is 252 g/mol. The van der Waals surface area contributed by atoms with Crippen molar-refractivity contribution >= 4 is 0 Å². The van der Waals surface area contributed by atoms with Crippen LogP contribution in [0.15, 0.2) is 36.3 Å². The Hall–Kier alpha value is -1.46. The van der Waals surface area contributed by atoms with E-state index in [4.69, 9.17) is 16.2 Å². The van der Waals surface area contributed by atoms with E-state index < -0.39 is 0 Å². The molecule has 0 aromatic carbocycles. The van der Waals surface area contributed by atoms with E-state index in [0.29, 0.717) is 6.54 Å². The highest BCUT2D eigenvalue weighted by Gasteiger charge is 2.25. The molecule has 4 N–H and O–H groups in total. The lowest BCUT2D eigenvalue weighted by Crippen LogP contribution is -2.47. The monoisotopic (exact) mass is 278 g/mol. The molecule has 1 atom stereocenters. The van der Waals surface area contributed by atoms with E-state index in [1.165, 1.54) is 0 Å². The average Bonchev–Trinajstić information content (AvgIpc) is 3.01. The van der Waals surface area contributed by atoms with Crippen LogP contribution in [-0.2, 0) is 4.74 Å². The maximum absolute atomic E-state index is 6.06. The molecule has 20 heavy (non-hydrogen) atoms. The third-order valence-electron chi connectivity index (χ3n) is 3.89. The van der Waals surface area contributed by atoms with Crippen molar-refractivity contribution in [3.05, 3.63) is 36.3 Å². The van der Waals surface area contributed by atoms with Gasteiger partial charge >= 0.3 is 0 Å². The minimum Gasteiger partial charge on any atom is -0.385 e. The third kappa shape index (κ3) is 3.77. The summed E-state index contributed by atoms with van der Waals surface area (Å²) in [6, 6.07) is 0. The van der Waals surface area contributed by atoms with Crippen LogP contribution >= 0.6 is 0 Å². The Kier molecular flexibility index (Phi) is 5.49. The molecule has 2 saturated heterocycles. The minimum absolute atomic E-state index is 0.224. The van der Waals surface area contributed by atoms with Crippen LogP contribution in [-0.4, -0.2) is 55.2 Å². The number of hydrogen-bond acceptors (Lipinski definition) is 5. The molecule has 112 valence electrons. The van der Waals surface area contributed by atoms with Gasteiger partial charge in [0, 0.05) is 45.0 Å². The van der Waals surface area contributed by atoms with Crippen molar-refractivity contribution in [2.24, 2.45) is 11.5 Å². The fraction of sp³-hybridized carbons (Fsp3) is 0.600. The zero-order valence-corrected chi connectivity index (χ0v) is 12.1. The highest BCUT2D eigenvalue weighted by Crippen LogP contribution is 2.22. The Morgan fingerprint density at radius 2 is 1.95 bits per heavy atom. The topological polar surface area (TPSA) is 67.8 Å². The van der Waals surface area contributed by atoms with Gasteiger partial charge in [-0.1, -0.05) is 18.7 Å². The average molecular weight is 278 g/mol. The Morgan fingerprint density at radius 1 is 1.25 bits per heavy atom. The molecule has 2 aliphatic rings. The Balaban J connectivity index is 1.81. The van der Waals surface area contributed by atoms with Gasteiger partial charge in [-0.2, -0.15) is 0 Å². The molecule has 0 radical (unpaired) electrons. The summed E-state index contributed by atoms with van der Waals surface area (Å²) in [6.07, 6.45) is 8.19. The quantitative estimate of drug-likeness (QED) is 0.721. The van der Waals surface area contributed by atoms with Crippen LogP contribution in [0.3, 0.4) is 0 Å². The van der Waals surface area contributed by atoms with Crippen molar-refractivity contribution in [2.75, 3.05) is 39.3 Å². The van der Waals surface area contributed by atoms with E-state index in [1.807, 2.05) is 18.2 Å². The first-order chi connectivity index (χ1) is 9.72. The number of rotatable bonds is 5. The van der Waals surface area contributed by atoms with Gasteiger partial charge in [0.25, 0.3) is 0 Å². The summed E-state index contributed by atoms with van der Waals surface area (Å²) in [6.45, 7) is 9.36. The molecule has 2 aliphatic heterocycles. The number of nitrogens with zero attached hydrogens (tertiary/aromatic N) is 2. The van der Waals surface area contributed by atoms with Crippen molar-refractivity contribution in [1.29, 1.82) is 0 Å². The number of hydrogen-bond donors (Lipinski definition) is 2. The lowest BCUT2D eigenvalue weighted by Gasteiger charge is -2.39. The van der Waals surface area contributed by atoms with Crippen molar-refractivity contribution in [2.45, 2.75) is 18.9 Å². The Morgan fingerprint density at radius 3 is 2.55 bits per heavy atom. The van der Waals surface area contributed by atoms with E-state index in [-0.39, 0.29) is 6.10 Å². The fourth-order valence-electron chi connectivity index (χ4n) is 2.65. The zero-order valence-electron chi connectivity index (χ0n) is 12.1. The second-order valence-corrected chi connectivity index (χ2v) is 5.22. The summed E-state index contributed by atoms with van der Waals surface area (Å²) in [5, 5.41) is 0. The minimum atomic E-state index is 0.224. The van der Waals surface area contributed by atoms with E-state index in [1.54, 1.807) is 0 Å². The number of ether oxygens (including phenoxy) is 1. The van der Waals surface area contributed by atoms with E-state index in [0.717, 1.165) is 57.1 Å². The first-order valence-corrected chi connectivity index (χ1v) is 7.35. The maximum atomic E-state index is 6.06. The molecule has 2 rings (SSSR count). The van der Waals surface area contributed by atoms with E-state index >= 15 is 0 Å². The van der Waals surface area contributed by atoms with Crippen molar-refractivity contribution in [3.8, 4) is 0 Å². The first-order valence-electron chi connectivity index (χ1n) is 7.35. The molecular formula is C15H26N4O. The predicted octanol–water partition coefficient (Wildman–Crippen LogP) is 0.612. The van der Waals surface area contributed by atoms with Crippen LogP contribution in [0.25, 0.3) is 0 Å². The van der Waals surface area contributed by atoms with Gasteiger partial charge in [-0.3, -0.25) is 0 Å². The summed E-state index contributed by atoms with van der Waals surface area (Å²) in [5.74, 6) is 0.803. The lowest BCUT2D eigenvalue weighted by atomic mass is 10.1. The summed E-state index contributed by atoms with van der Waals surface area (Å²) in [5.41, 5.74) is 12.6. The highest BCUT2D eigenvalue weighted by atomic mass is 16.5. The zero-order chi connectivity index (χ0) is 14.4. The van der Waals surface area contributed by atoms with E-state index in [2.05, 4.69) is 16.4 Å². The molecule has 2 heterocycles. The first kappa shape index (κ1) is 14.9. The van der Waals surface area contributed by atoms with Gasteiger partial charge < -0.3 is 26.0 Å². The summed E-state index contributed by atoms with van der Waals surface area (Å²) in [4.78, 5) is 4.52. The molecule has 5 nitrogen and oxygen atoms in total. The third-order valence-corrected chi connectivity index (χ3v) is 3.89. The van der Waals surface area contributed by atoms with Crippen molar-refractivity contribution < 1.29 is 4.74 Å². The second-order valence-electron chi connectivity index (χ2n) is 5.22. The SMILES string of the molecule is C=C(C1CCCO1)N1CCN(/C(N)=C/C=C\CN)CC1. The van der Waals surface area contributed by atoms with Crippen molar-refractivity contribution in [3.63, 3.8) is 0 Å². The standard InChI is InChI=1S/C15H26N4O/c1-13(14-5-4-12-20-14)18-8-10-19(11-9-18)15(17)6-2-3-7-16/h2-3,6,14H,1,4-5,7-12,16-17H2/b3-2-,15-6+. The van der Waals surface area contributed by atoms with Crippen LogP contribution in [0, 0.1) is 0 Å². The van der Waals surface area contributed by atoms with Crippen LogP contribution in [0.2, 0.25) is 0 Å². The van der Waals surface area contributed by atoms with Crippen LogP contribution in [0.5, 0.6) is 0 Å². The summed E-state index contributed by atoms with van der Waals surface area (Å²) in [7, 11) is 0. The number of nitrogens with two attached hydrogens (primary N) is 2. The normalized spacial score (nSPS) is 24.6. The van der Waals surface area contributed by atoms with Gasteiger partial charge in [-0.25, -0.2) is 0 Å².